The van der Waals surface area contributed by atoms with E-state index in [2.05, 4.69) is 17.2 Å². The number of amides is 1. The largest absolute Gasteiger partial charge is 0.325 e. The van der Waals surface area contributed by atoms with E-state index in [-0.39, 0.29) is 17.2 Å². The molecule has 3 rings (SSSR count). The Bertz CT molecular complexity index is 1290. The molecule has 6 nitrogen and oxygen atoms in total. The minimum atomic E-state index is -3.88. The summed E-state index contributed by atoms with van der Waals surface area (Å²) in [6.45, 7) is 1.04. The van der Waals surface area contributed by atoms with Crippen LogP contribution in [0.2, 0.25) is 0 Å². The number of benzene rings is 3. The number of ketones is 1. The predicted octanol–water partition coefficient (Wildman–Crippen LogP) is 3.55. The predicted molar refractivity (Wildman–Crippen MR) is 124 cm³/mol. The van der Waals surface area contributed by atoms with E-state index in [1.54, 1.807) is 18.2 Å². The number of nitrogens with zero attached hydrogens (tertiary/aromatic N) is 1. The monoisotopic (exact) mass is 446 g/mol. The van der Waals surface area contributed by atoms with Crippen LogP contribution in [0.5, 0.6) is 0 Å². The maximum Gasteiger partial charge on any atom is 0.243 e. The Balaban J connectivity index is 1.66. The number of nitrogens with one attached hydrogen (secondary N) is 1. The number of carbonyl (C=O) groups excluding carboxylic acids is 2. The number of likely N-dealkylation sites (N-methyl/N-ethyl adjacent to an activating group) is 1. The first-order valence-corrected chi connectivity index (χ1v) is 11.2. The van der Waals surface area contributed by atoms with Gasteiger partial charge < -0.3 is 5.32 Å². The third kappa shape index (κ3) is 5.91. The van der Waals surface area contributed by atoms with E-state index in [4.69, 9.17) is 0 Å². The smallest absolute Gasteiger partial charge is 0.243 e. The van der Waals surface area contributed by atoms with Crippen molar-refractivity contribution < 1.29 is 18.0 Å². The van der Waals surface area contributed by atoms with Gasteiger partial charge in [0.1, 0.15) is 0 Å². The van der Waals surface area contributed by atoms with Gasteiger partial charge in [-0.15, -0.1) is 0 Å². The highest BCUT2D eigenvalue weighted by molar-refractivity contribution is 7.89. The van der Waals surface area contributed by atoms with Gasteiger partial charge in [-0.3, -0.25) is 9.59 Å². The molecule has 0 unspecified atom stereocenters. The van der Waals surface area contributed by atoms with E-state index in [9.17, 15) is 18.0 Å². The first kappa shape index (κ1) is 22.9. The quantitative estimate of drug-likeness (QED) is 0.464. The number of hydrogen-bond donors (Lipinski definition) is 1. The van der Waals surface area contributed by atoms with Crippen molar-refractivity contribution in [3.05, 3.63) is 95.6 Å². The van der Waals surface area contributed by atoms with Gasteiger partial charge in [-0.2, -0.15) is 4.31 Å². The summed E-state index contributed by atoms with van der Waals surface area (Å²) in [7, 11) is -2.55. The summed E-state index contributed by atoms with van der Waals surface area (Å²) < 4.78 is 26.4. The van der Waals surface area contributed by atoms with Crippen molar-refractivity contribution in [2.45, 2.75) is 11.8 Å². The van der Waals surface area contributed by atoms with E-state index in [1.165, 1.54) is 38.2 Å². The van der Waals surface area contributed by atoms with Crippen LogP contribution in [0.25, 0.3) is 0 Å². The molecule has 0 saturated heterocycles. The highest BCUT2D eigenvalue weighted by Gasteiger charge is 2.23. The minimum absolute atomic E-state index is 0.0102. The number of Topliss-reactive ketones (excluding diaryl/α,β-unsaturated/α-hetero) is 1. The average Bonchev–Trinajstić information content (AvgIpc) is 2.78. The van der Waals surface area contributed by atoms with Crippen molar-refractivity contribution in [2.75, 3.05) is 18.9 Å². The lowest BCUT2D eigenvalue weighted by atomic mass is 10.1. The molecule has 0 atom stereocenters. The molecule has 3 aromatic rings. The summed E-state index contributed by atoms with van der Waals surface area (Å²) in [6.07, 6.45) is 0. The van der Waals surface area contributed by atoms with Crippen LogP contribution in [-0.2, 0) is 14.8 Å². The Morgan fingerprint density at radius 3 is 2.16 bits per heavy atom. The summed E-state index contributed by atoms with van der Waals surface area (Å²) >= 11 is 0. The number of hydrogen-bond acceptors (Lipinski definition) is 4. The first-order chi connectivity index (χ1) is 15.3. The Kier molecular flexibility index (Phi) is 7.21. The van der Waals surface area contributed by atoms with Crippen LogP contribution in [0.3, 0.4) is 0 Å². The number of carbonyl (C=O) groups is 2. The van der Waals surface area contributed by atoms with Gasteiger partial charge >= 0.3 is 0 Å². The molecule has 0 saturated carbocycles. The fourth-order valence-corrected chi connectivity index (χ4v) is 4.00. The summed E-state index contributed by atoms with van der Waals surface area (Å²) in [4.78, 5) is 23.8. The zero-order valence-electron chi connectivity index (χ0n) is 17.7. The maximum atomic E-state index is 12.7. The van der Waals surface area contributed by atoms with Gasteiger partial charge in [0.25, 0.3) is 0 Å². The SMILES string of the molecule is CC(=O)c1ccc(S(=O)(=O)N(C)CC(=O)Nc2cccc(C#Cc3ccccc3)c2)cc1. The van der Waals surface area contributed by atoms with E-state index in [0.29, 0.717) is 11.3 Å². The van der Waals surface area contributed by atoms with Crippen LogP contribution in [0.15, 0.2) is 83.8 Å². The van der Waals surface area contributed by atoms with Crippen LogP contribution in [-0.4, -0.2) is 38.0 Å². The molecule has 32 heavy (non-hydrogen) atoms. The van der Waals surface area contributed by atoms with Crippen molar-refractivity contribution in [2.24, 2.45) is 0 Å². The van der Waals surface area contributed by atoms with Crippen LogP contribution in [0.1, 0.15) is 28.4 Å². The van der Waals surface area contributed by atoms with E-state index in [1.807, 2.05) is 36.4 Å². The van der Waals surface area contributed by atoms with Gasteiger partial charge in [-0.1, -0.05) is 48.2 Å². The fourth-order valence-electron chi connectivity index (χ4n) is 2.87. The van der Waals surface area contributed by atoms with Gasteiger partial charge in [-0.05, 0) is 49.4 Å². The van der Waals surface area contributed by atoms with E-state index >= 15 is 0 Å². The molecule has 0 aliphatic heterocycles. The lowest BCUT2D eigenvalue weighted by Crippen LogP contribution is -2.35. The van der Waals surface area contributed by atoms with Crippen molar-refractivity contribution >= 4 is 27.4 Å². The minimum Gasteiger partial charge on any atom is -0.325 e. The Morgan fingerprint density at radius 1 is 0.875 bits per heavy atom. The first-order valence-electron chi connectivity index (χ1n) is 9.80. The standard InChI is InChI=1S/C25H22N2O4S/c1-19(28)22-13-15-24(16-14-22)32(30,31)27(2)18-25(29)26-23-10-6-9-21(17-23)12-11-20-7-4-3-5-8-20/h3-10,13-17H,18H2,1-2H3,(H,26,29). The summed E-state index contributed by atoms with van der Waals surface area (Å²) in [5.74, 6) is 5.46. The van der Waals surface area contributed by atoms with Crippen molar-refractivity contribution in [1.82, 2.24) is 4.31 Å². The summed E-state index contributed by atoms with van der Waals surface area (Å²) in [5.41, 5.74) is 2.54. The van der Waals surface area contributed by atoms with Crippen LogP contribution < -0.4 is 5.32 Å². The lowest BCUT2D eigenvalue weighted by molar-refractivity contribution is -0.116. The second kappa shape index (κ2) is 10.1. The molecule has 162 valence electrons. The Morgan fingerprint density at radius 2 is 1.50 bits per heavy atom. The fraction of sp³-hybridized carbons (Fsp3) is 0.120. The topological polar surface area (TPSA) is 83.6 Å². The molecule has 1 N–H and O–H groups in total. The van der Waals surface area contributed by atoms with Crippen molar-refractivity contribution in [3.8, 4) is 11.8 Å². The molecule has 0 heterocycles. The molecule has 0 fully saturated rings. The lowest BCUT2D eigenvalue weighted by Gasteiger charge is -2.17. The molecular formula is C25H22N2O4S. The zero-order chi connectivity index (χ0) is 23.1. The van der Waals surface area contributed by atoms with E-state index in [0.717, 1.165) is 15.4 Å². The highest BCUT2D eigenvalue weighted by atomic mass is 32.2. The molecule has 0 aromatic heterocycles. The van der Waals surface area contributed by atoms with Crippen LogP contribution in [0, 0.1) is 11.8 Å². The zero-order valence-corrected chi connectivity index (χ0v) is 18.5. The maximum absolute atomic E-state index is 12.7. The molecule has 1 amide bonds. The van der Waals surface area contributed by atoms with Crippen LogP contribution >= 0.6 is 0 Å². The molecule has 3 aromatic carbocycles. The normalized spacial score (nSPS) is 10.8. The van der Waals surface area contributed by atoms with Gasteiger partial charge in [0.05, 0.1) is 11.4 Å². The molecule has 7 heteroatoms. The average molecular weight is 447 g/mol. The molecule has 0 aliphatic rings. The molecule has 0 radical (unpaired) electrons. The van der Waals surface area contributed by atoms with Crippen molar-refractivity contribution in [3.63, 3.8) is 0 Å². The highest BCUT2D eigenvalue weighted by Crippen LogP contribution is 2.16. The van der Waals surface area contributed by atoms with Gasteiger partial charge in [0.15, 0.2) is 5.78 Å². The Hall–Kier alpha value is -3.73. The summed E-state index contributed by atoms with van der Waals surface area (Å²) in [5, 5.41) is 2.70. The number of sulfonamides is 1. The molecule has 0 spiro atoms. The number of anilines is 1. The van der Waals surface area contributed by atoms with Gasteiger partial charge in [0.2, 0.25) is 15.9 Å². The second-order valence-corrected chi connectivity index (χ2v) is 9.13. The van der Waals surface area contributed by atoms with Gasteiger partial charge in [-0.25, -0.2) is 8.42 Å². The molecular weight excluding hydrogens is 424 g/mol. The van der Waals surface area contributed by atoms with Gasteiger partial charge in [0, 0.05) is 29.4 Å². The third-order valence-corrected chi connectivity index (χ3v) is 6.42. The Labute approximate surface area is 187 Å². The van der Waals surface area contributed by atoms with Crippen molar-refractivity contribution in [1.29, 1.82) is 0 Å². The third-order valence-electron chi connectivity index (χ3n) is 4.61. The summed E-state index contributed by atoms with van der Waals surface area (Å²) in [6, 6.07) is 22.2. The molecule has 0 bridgehead atoms. The van der Waals surface area contributed by atoms with E-state index < -0.39 is 15.9 Å². The van der Waals surface area contributed by atoms with Crippen LogP contribution in [0.4, 0.5) is 5.69 Å². The number of rotatable bonds is 6. The molecule has 0 aliphatic carbocycles. The second-order valence-electron chi connectivity index (χ2n) is 7.09.